The van der Waals surface area contributed by atoms with Gasteiger partial charge in [0.1, 0.15) is 19.3 Å². The maximum atomic E-state index is 13.4. The number of hydrogen-bond acceptors (Lipinski definition) is 6. The molecular formula is C53H100N2O7P+. The lowest BCUT2D eigenvalue weighted by Crippen LogP contribution is -2.47. The van der Waals surface area contributed by atoms with Crippen molar-refractivity contribution in [2.45, 2.75) is 238 Å². The van der Waals surface area contributed by atoms with E-state index in [4.69, 9.17) is 13.8 Å². The first-order chi connectivity index (χ1) is 30.4. The molecule has 0 saturated heterocycles. The van der Waals surface area contributed by atoms with E-state index in [0.717, 1.165) is 83.5 Å². The first kappa shape index (κ1) is 61.0. The van der Waals surface area contributed by atoms with E-state index in [1.807, 2.05) is 39.4 Å². The molecule has 10 heteroatoms. The van der Waals surface area contributed by atoms with Crippen LogP contribution < -0.4 is 5.32 Å². The number of likely N-dealkylation sites (N-methyl/N-ethyl adjacent to an activating group) is 1. The third kappa shape index (κ3) is 44.9. The second kappa shape index (κ2) is 43.8. The number of rotatable bonds is 46. The van der Waals surface area contributed by atoms with Crippen LogP contribution in [0.15, 0.2) is 48.6 Å². The number of carbonyl (C=O) groups excluding carboxylic acids is 2. The fourth-order valence-corrected chi connectivity index (χ4v) is 8.03. The van der Waals surface area contributed by atoms with E-state index in [1.54, 1.807) is 0 Å². The molecule has 0 saturated carbocycles. The van der Waals surface area contributed by atoms with Crippen LogP contribution in [0.5, 0.6) is 0 Å². The number of hydrogen-bond donors (Lipinski definition) is 2. The molecular weight excluding hydrogens is 808 g/mol. The van der Waals surface area contributed by atoms with Crippen molar-refractivity contribution >= 4 is 19.7 Å². The maximum Gasteiger partial charge on any atom is 0.472 e. The number of phosphoric ester groups is 1. The van der Waals surface area contributed by atoms with Crippen LogP contribution in [-0.4, -0.2) is 74.3 Å². The summed E-state index contributed by atoms with van der Waals surface area (Å²) in [4.78, 5) is 37.4. The topological polar surface area (TPSA) is 111 Å². The quantitative estimate of drug-likeness (QED) is 0.0156. The molecule has 0 aliphatic rings. The van der Waals surface area contributed by atoms with Gasteiger partial charge in [0.05, 0.1) is 33.8 Å². The van der Waals surface area contributed by atoms with Gasteiger partial charge in [0, 0.05) is 12.8 Å². The summed E-state index contributed by atoms with van der Waals surface area (Å²) in [6.07, 6.45) is 51.0. The van der Waals surface area contributed by atoms with Gasteiger partial charge in [0.2, 0.25) is 5.91 Å². The van der Waals surface area contributed by atoms with E-state index in [1.165, 1.54) is 109 Å². The zero-order valence-corrected chi connectivity index (χ0v) is 42.7. The van der Waals surface area contributed by atoms with Gasteiger partial charge in [-0.15, -0.1) is 0 Å². The predicted molar refractivity (Wildman–Crippen MR) is 268 cm³/mol. The lowest BCUT2D eigenvalue weighted by Gasteiger charge is -2.27. The van der Waals surface area contributed by atoms with Crippen molar-refractivity contribution < 1.29 is 37.3 Å². The summed E-state index contributed by atoms with van der Waals surface area (Å²) >= 11 is 0. The Morgan fingerprint density at radius 3 is 1.51 bits per heavy atom. The van der Waals surface area contributed by atoms with Gasteiger partial charge in [-0.3, -0.25) is 18.6 Å². The Hall–Kier alpha value is -2.03. The Balaban J connectivity index is 5.44. The van der Waals surface area contributed by atoms with Crippen LogP contribution in [0.4, 0.5) is 0 Å². The Labute approximate surface area is 388 Å². The minimum atomic E-state index is -4.44. The summed E-state index contributed by atoms with van der Waals surface area (Å²) in [7, 11) is 1.48. The van der Waals surface area contributed by atoms with E-state index in [-0.39, 0.29) is 31.5 Å². The van der Waals surface area contributed by atoms with Crippen LogP contribution in [-0.2, 0) is 27.9 Å². The molecule has 0 fully saturated rings. The van der Waals surface area contributed by atoms with Gasteiger partial charge in [-0.2, -0.15) is 0 Å². The Morgan fingerprint density at radius 2 is 1.02 bits per heavy atom. The van der Waals surface area contributed by atoms with Crippen LogP contribution >= 0.6 is 7.82 Å². The molecule has 0 spiro atoms. The normalized spacial score (nSPS) is 14.3. The fourth-order valence-electron chi connectivity index (χ4n) is 7.29. The monoisotopic (exact) mass is 908 g/mol. The van der Waals surface area contributed by atoms with Crippen molar-refractivity contribution in [3.63, 3.8) is 0 Å². The number of allylic oxidation sites excluding steroid dienone is 7. The van der Waals surface area contributed by atoms with Gasteiger partial charge >= 0.3 is 13.8 Å². The van der Waals surface area contributed by atoms with Crippen LogP contribution in [0.25, 0.3) is 0 Å². The number of phosphoric acid groups is 1. The molecule has 0 rings (SSSR count). The molecule has 3 unspecified atom stereocenters. The number of nitrogens with zero attached hydrogens (tertiary/aromatic N) is 1. The minimum absolute atomic E-state index is 0.0362. The summed E-state index contributed by atoms with van der Waals surface area (Å²) in [5, 5.41) is 3.02. The number of unbranched alkanes of at least 4 members (excludes halogenated alkanes) is 26. The lowest BCUT2D eigenvalue weighted by atomic mass is 10.0. The molecule has 1 amide bonds. The molecule has 0 radical (unpaired) electrons. The number of nitrogens with one attached hydrogen (secondary N) is 1. The van der Waals surface area contributed by atoms with E-state index in [2.05, 4.69) is 56.5 Å². The SMILES string of the molecule is CC/C=C/C=C/C=C\CCCCCCCC(=O)NC(COP(=O)(O)OCC[N+](C)(C)C)C(/C=C/CCCCCCCCCCC)OC(=O)CCCCCCCCCCCCCCC. The van der Waals surface area contributed by atoms with Gasteiger partial charge in [0.25, 0.3) is 0 Å². The van der Waals surface area contributed by atoms with Crippen molar-refractivity contribution in [2.24, 2.45) is 0 Å². The summed E-state index contributed by atoms with van der Waals surface area (Å²) < 4.78 is 30.5. The molecule has 63 heavy (non-hydrogen) atoms. The number of ether oxygens (including phenoxy) is 1. The van der Waals surface area contributed by atoms with Crippen molar-refractivity contribution in [2.75, 3.05) is 40.9 Å². The smallest absolute Gasteiger partial charge is 0.456 e. The van der Waals surface area contributed by atoms with E-state index < -0.39 is 20.0 Å². The average Bonchev–Trinajstić information content (AvgIpc) is 3.23. The first-order valence-electron chi connectivity index (χ1n) is 26.0. The summed E-state index contributed by atoms with van der Waals surface area (Å²) in [6.45, 7) is 6.84. The Bertz CT molecular complexity index is 1230. The number of carbonyl (C=O) groups is 2. The van der Waals surface area contributed by atoms with Crippen molar-refractivity contribution in [3.05, 3.63) is 48.6 Å². The van der Waals surface area contributed by atoms with Gasteiger partial charge in [-0.25, -0.2) is 4.57 Å². The molecule has 0 bridgehead atoms. The van der Waals surface area contributed by atoms with Gasteiger partial charge < -0.3 is 19.4 Å². The zero-order valence-electron chi connectivity index (χ0n) is 41.8. The highest BCUT2D eigenvalue weighted by molar-refractivity contribution is 7.47. The second-order valence-electron chi connectivity index (χ2n) is 18.7. The highest BCUT2D eigenvalue weighted by Gasteiger charge is 2.30. The molecule has 368 valence electrons. The van der Waals surface area contributed by atoms with Gasteiger partial charge in [-0.1, -0.05) is 211 Å². The van der Waals surface area contributed by atoms with Crippen LogP contribution in [0.1, 0.15) is 226 Å². The highest BCUT2D eigenvalue weighted by Crippen LogP contribution is 2.43. The average molecular weight is 908 g/mol. The van der Waals surface area contributed by atoms with Crippen molar-refractivity contribution in [3.8, 4) is 0 Å². The first-order valence-corrected chi connectivity index (χ1v) is 27.5. The zero-order chi connectivity index (χ0) is 46.5. The highest BCUT2D eigenvalue weighted by atomic mass is 31.2. The standard InChI is InChI=1S/C53H99N2O7P/c1-7-10-13-16-19-22-25-27-30-33-36-39-42-45-52(56)54-50(49-61-63(58,59)60-48-47-55(4,5)6)51(44-41-38-35-32-29-24-21-18-15-12-9-3)62-53(57)46-43-40-37-34-31-28-26-23-20-17-14-11-8-2/h10,13,16,19,22,25,41,44,50-51H,7-9,11-12,14-15,17-18,20-21,23-24,26-40,42-43,45-49H2,1-6H3,(H-,54,56,58,59)/p+1/b13-10+,19-16+,25-22-,44-41+. The molecule has 0 heterocycles. The van der Waals surface area contributed by atoms with Crippen molar-refractivity contribution in [1.29, 1.82) is 0 Å². The minimum Gasteiger partial charge on any atom is -0.456 e. The molecule has 0 aromatic heterocycles. The van der Waals surface area contributed by atoms with E-state index in [0.29, 0.717) is 17.4 Å². The predicted octanol–water partition coefficient (Wildman–Crippen LogP) is 15.0. The van der Waals surface area contributed by atoms with Crippen LogP contribution in [0.3, 0.4) is 0 Å². The fraction of sp³-hybridized carbons (Fsp3) is 0.811. The molecule has 9 nitrogen and oxygen atoms in total. The molecule has 0 aromatic rings. The van der Waals surface area contributed by atoms with E-state index >= 15 is 0 Å². The summed E-state index contributed by atoms with van der Waals surface area (Å²) in [5.74, 6) is -0.528. The van der Waals surface area contributed by atoms with Crippen LogP contribution in [0.2, 0.25) is 0 Å². The van der Waals surface area contributed by atoms with E-state index in [9.17, 15) is 19.0 Å². The molecule has 0 aliphatic heterocycles. The number of amides is 1. The Morgan fingerprint density at radius 1 is 0.571 bits per heavy atom. The molecule has 0 aliphatic carbocycles. The van der Waals surface area contributed by atoms with Crippen molar-refractivity contribution in [1.82, 2.24) is 5.32 Å². The second-order valence-corrected chi connectivity index (χ2v) is 20.2. The Kier molecular flexibility index (Phi) is 42.4. The third-order valence-electron chi connectivity index (χ3n) is 11.3. The lowest BCUT2D eigenvalue weighted by molar-refractivity contribution is -0.870. The largest absolute Gasteiger partial charge is 0.472 e. The molecule has 3 atom stereocenters. The molecule has 0 aromatic carbocycles. The number of quaternary nitrogens is 1. The number of esters is 1. The van der Waals surface area contributed by atoms with Gasteiger partial charge in [-0.05, 0) is 51.0 Å². The molecule has 2 N–H and O–H groups in total. The summed E-state index contributed by atoms with van der Waals surface area (Å²) in [6, 6.07) is -0.853. The third-order valence-corrected chi connectivity index (χ3v) is 12.3. The van der Waals surface area contributed by atoms with Gasteiger partial charge in [0.15, 0.2) is 0 Å². The van der Waals surface area contributed by atoms with Crippen LogP contribution in [0, 0.1) is 0 Å². The summed E-state index contributed by atoms with van der Waals surface area (Å²) in [5.41, 5.74) is 0. The maximum absolute atomic E-state index is 13.4.